The number of nitrogens with zero attached hydrogens (tertiary/aromatic N) is 4. The Labute approximate surface area is 198 Å². The summed E-state index contributed by atoms with van der Waals surface area (Å²) < 4.78 is 0. The summed E-state index contributed by atoms with van der Waals surface area (Å²) in [5.74, 6) is 2.01. The zero-order valence-corrected chi connectivity index (χ0v) is 20.1. The van der Waals surface area contributed by atoms with Crippen LogP contribution >= 0.6 is 22.9 Å². The van der Waals surface area contributed by atoms with Gasteiger partial charge in [0.2, 0.25) is 0 Å². The summed E-state index contributed by atoms with van der Waals surface area (Å²) in [6.07, 6.45) is 0.760. The van der Waals surface area contributed by atoms with Crippen molar-refractivity contribution in [3.05, 3.63) is 87.0 Å². The Kier molecular flexibility index (Phi) is 6.13. The lowest BCUT2D eigenvalue weighted by molar-refractivity contribution is 0.249. The van der Waals surface area contributed by atoms with Gasteiger partial charge in [0.15, 0.2) is 0 Å². The molecule has 1 fully saturated rings. The van der Waals surface area contributed by atoms with Gasteiger partial charge in [-0.15, -0.1) is 11.3 Å². The minimum atomic E-state index is 0.760. The van der Waals surface area contributed by atoms with Gasteiger partial charge in [-0.2, -0.15) is 0 Å². The van der Waals surface area contributed by atoms with Gasteiger partial charge in [0.1, 0.15) is 16.5 Å². The summed E-state index contributed by atoms with van der Waals surface area (Å²) in [6.45, 7) is 9.33. The van der Waals surface area contributed by atoms with E-state index < -0.39 is 0 Å². The molecule has 0 atom stereocenters. The second kappa shape index (κ2) is 9.18. The Morgan fingerprint density at radius 3 is 2.31 bits per heavy atom. The van der Waals surface area contributed by atoms with E-state index in [-0.39, 0.29) is 0 Å². The van der Waals surface area contributed by atoms with Crippen molar-refractivity contribution < 1.29 is 0 Å². The van der Waals surface area contributed by atoms with E-state index in [4.69, 9.17) is 21.6 Å². The number of anilines is 1. The SMILES string of the molecule is Cc1sc2nc(Cc3ccccc3)nc(N3CCN(Cc4ccc(Cl)cc4)CC3)c2c1C. The molecule has 1 saturated heterocycles. The van der Waals surface area contributed by atoms with Gasteiger partial charge < -0.3 is 4.90 Å². The topological polar surface area (TPSA) is 32.3 Å². The van der Waals surface area contributed by atoms with Gasteiger partial charge in [-0.3, -0.25) is 4.90 Å². The molecular weight excluding hydrogens is 436 g/mol. The first-order valence-electron chi connectivity index (χ1n) is 11.1. The van der Waals surface area contributed by atoms with Crippen molar-refractivity contribution in [2.75, 3.05) is 31.1 Å². The van der Waals surface area contributed by atoms with Crippen molar-refractivity contribution in [2.24, 2.45) is 0 Å². The highest BCUT2D eigenvalue weighted by molar-refractivity contribution is 7.18. The first-order chi connectivity index (χ1) is 15.6. The zero-order valence-electron chi connectivity index (χ0n) is 18.5. The molecule has 5 rings (SSSR count). The van der Waals surface area contributed by atoms with E-state index in [1.54, 1.807) is 11.3 Å². The zero-order chi connectivity index (χ0) is 22.1. The van der Waals surface area contributed by atoms with Gasteiger partial charge in [0.05, 0.1) is 5.39 Å². The molecule has 0 bridgehead atoms. The van der Waals surface area contributed by atoms with Crippen molar-refractivity contribution >= 4 is 39.0 Å². The maximum Gasteiger partial charge on any atom is 0.141 e. The van der Waals surface area contributed by atoms with Crippen LogP contribution in [-0.4, -0.2) is 41.0 Å². The summed E-state index contributed by atoms with van der Waals surface area (Å²) in [7, 11) is 0. The lowest BCUT2D eigenvalue weighted by Crippen LogP contribution is -2.46. The van der Waals surface area contributed by atoms with Gasteiger partial charge in [0.25, 0.3) is 0 Å². The van der Waals surface area contributed by atoms with E-state index in [9.17, 15) is 0 Å². The van der Waals surface area contributed by atoms with E-state index in [0.717, 1.165) is 60.6 Å². The summed E-state index contributed by atoms with van der Waals surface area (Å²) in [4.78, 5) is 17.4. The van der Waals surface area contributed by atoms with Crippen molar-refractivity contribution in [1.82, 2.24) is 14.9 Å². The molecule has 4 nitrogen and oxygen atoms in total. The summed E-state index contributed by atoms with van der Waals surface area (Å²) >= 11 is 7.82. The van der Waals surface area contributed by atoms with E-state index in [0.29, 0.717) is 0 Å². The summed E-state index contributed by atoms with van der Waals surface area (Å²) in [6, 6.07) is 18.7. The number of piperazine rings is 1. The van der Waals surface area contributed by atoms with Crippen LogP contribution < -0.4 is 4.90 Å². The fourth-order valence-corrected chi connectivity index (χ4v) is 5.49. The van der Waals surface area contributed by atoms with Gasteiger partial charge in [-0.1, -0.05) is 54.1 Å². The highest BCUT2D eigenvalue weighted by Gasteiger charge is 2.23. The molecule has 0 saturated carbocycles. The lowest BCUT2D eigenvalue weighted by atomic mass is 10.1. The van der Waals surface area contributed by atoms with Gasteiger partial charge in [-0.25, -0.2) is 9.97 Å². The first-order valence-corrected chi connectivity index (χ1v) is 12.3. The predicted molar refractivity (Wildman–Crippen MR) is 135 cm³/mol. The standard InChI is InChI=1S/C26H27ClN4S/c1-18-19(2)32-26-24(18)25(28-23(29-26)16-20-6-4-3-5-7-20)31-14-12-30(13-15-31)17-21-8-10-22(27)11-9-21/h3-11H,12-17H2,1-2H3. The molecular formula is C26H27ClN4S. The van der Waals surface area contributed by atoms with Crippen LogP contribution in [0.4, 0.5) is 5.82 Å². The molecule has 1 aliphatic rings. The Hall–Kier alpha value is -2.47. The first kappa shape index (κ1) is 21.4. The maximum absolute atomic E-state index is 6.04. The molecule has 0 amide bonds. The highest BCUT2D eigenvalue weighted by atomic mass is 35.5. The van der Waals surface area contributed by atoms with Crippen LogP contribution in [0.25, 0.3) is 10.2 Å². The van der Waals surface area contributed by atoms with Crippen molar-refractivity contribution in [2.45, 2.75) is 26.8 Å². The van der Waals surface area contributed by atoms with E-state index in [1.165, 1.54) is 27.0 Å². The van der Waals surface area contributed by atoms with Gasteiger partial charge in [-0.05, 0) is 42.7 Å². The fraction of sp³-hybridized carbons (Fsp3) is 0.308. The molecule has 164 valence electrons. The van der Waals surface area contributed by atoms with Crippen LogP contribution in [0.5, 0.6) is 0 Å². The Morgan fingerprint density at radius 2 is 1.59 bits per heavy atom. The minimum Gasteiger partial charge on any atom is -0.353 e. The Bertz CT molecular complexity index is 1210. The molecule has 1 aliphatic heterocycles. The van der Waals surface area contributed by atoms with Crippen molar-refractivity contribution in [3.8, 4) is 0 Å². The highest BCUT2D eigenvalue weighted by Crippen LogP contribution is 2.35. The average molecular weight is 463 g/mol. The number of halogens is 1. The number of fused-ring (bicyclic) bond motifs is 1. The largest absolute Gasteiger partial charge is 0.353 e. The summed E-state index contributed by atoms with van der Waals surface area (Å²) in [5, 5.41) is 2.02. The monoisotopic (exact) mass is 462 g/mol. The molecule has 0 radical (unpaired) electrons. The maximum atomic E-state index is 6.04. The molecule has 32 heavy (non-hydrogen) atoms. The second-order valence-corrected chi connectivity index (χ2v) is 10.1. The third-order valence-electron chi connectivity index (χ3n) is 6.25. The van der Waals surface area contributed by atoms with E-state index in [1.807, 2.05) is 12.1 Å². The number of benzene rings is 2. The number of thiophene rings is 1. The van der Waals surface area contributed by atoms with Crippen molar-refractivity contribution in [3.63, 3.8) is 0 Å². The Morgan fingerprint density at radius 1 is 0.875 bits per heavy atom. The third kappa shape index (κ3) is 4.51. The van der Waals surface area contributed by atoms with Crippen LogP contribution in [0.1, 0.15) is 27.4 Å². The smallest absolute Gasteiger partial charge is 0.141 e. The van der Waals surface area contributed by atoms with E-state index >= 15 is 0 Å². The van der Waals surface area contributed by atoms with Crippen LogP contribution in [0.2, 0.25) is 5.02 Å². The predicted octanol–water partition coefficient (Wildman–Crippen LogP) is 5.87. The molecule has 3 heterocycles. The molecule has 4 aromatic rings. The van der Waals surface area contributed by atoms with E-state index in [2.05, 4.69) is 66.1 Å². The normalized spacial score (nSPS) is 14.9. The quantitative estimate of drug-likeness (QED) is 0.371. The number of aryl methyl sites for hydroxylation is 2. The molecule has 2 aromatic carbocycles. The number of rotatable bonds is 5. The second-order valence-electron chi connectivity index (χ2n) is 8.48. The van der Waals surface area contributed by atoms with Crippen LogP contribution in [0, 0.1) is 13.8 Å². The molecule has 2 aromatic heterocycles. The third-order valence-corrected chi connectivity index (χ3v) is 7.61. The molecule has 0 spiro atoms. The van der Waals surface area contributed by atoms with Gasteiger partial charge in [0, 0.05) is 49.0 Å². The molecule has 0 unspecified atom stereocenters. The molecule has 0 aliphatic carbocycles. The van der Waals surface area contributed by atoms with Crippen LogP contribution in [0.3, 0.4) is 0 Å². The molecule has 0 N–H and O–H groups in total. The minimum absolute atomic E-state index is 0.760. The lowest BCUT2D eigenvalue weighted by Gasteiger charge is -2.36. The molecule has 6 heteroatoms. The number of hydrogen-bond acceptors (Lipinski definition) is 5. The van der Waals surface area contributed by atoms with Gasteiger partial charge >= 0.3 is 0 Å². The number of hydrogen-bond donors (Lipinski definition) is 0. The van der Waals surface area contributed by atoms with Crippen LogP contribution in [0.15, 0.2) is 54.6 Å². The van der Waals surface area contributed by atoms with Crippen molar-refractivity contribution in [1.29, 1.82) is 0 Å². The Balaban J connectivity index is 1.38. The average Bonchev–Trinajstić information content (AvgIpc) is 3.09. The van der Waals surface area contributed by atoms with Crippen LogP contribution in [-0.2, 0) is 13.0 Å². The summed E-state index contributed by atoms with van der Waals surface area (Å²) in [5.41, 5.74) is 3.87. The fourth-order valence-electron chi connectivity index (χ4n) is 4.32. The number of aromatic nitrogens is 2.